The van der Waals surface area contributed by atoms with Crippen molar-refractivity contribution in [2.45, 2.75) is 29.6 Å². The van der Waals surface area contributed by atoms with Gasteiger partial charge in [0.2, 0.25) is 17.7 Å². The zero-order valence-corrected chi connectivity index (χ0v) is 24.3. The van der Waals surface area contributed by atoms with Crippen molar-refractivity contribution < 1.29 is 19.1 Å². The maximum Gasteiger partial charge on any atom is 0.247 e. The number of likely N-dealkylation sites (tertiary alicyclic amines) is 1. The molecule has 4 aliphatic rings. The van der Waals surface area contributed by atoms with Gasteiger partial charge in [-0.2, -0.15) is 0 Å². The molecule has 0 saturated carbocycles. The molecular formula is C34H26Cl2N2O4. The fraction of sp³-hybridized carbons (Fsp3) is 0.206. The third-order valence-electron chi connectivity index (χ3n) is 8.83. The number of carbonyl (C=O) groups excluding carboxylic acids is 3. The maximum absolute atomic E-state index is 14.1. The summed E-state index contributed by atoms with van der Waals surface area (Å²) in [6.45, 7) is 3.51. The highest BCUT2D eigenvalue weighted by Crippen LogP contribution is 2.69. The number of benzene rings is 4. The second-order valence-corrected chi connectivity index (χ2v) is 12.3. The lowest BCUT2D eigenvalue weighted by atomic mass is 9.54. The molecule has 0 radical (unpaired) electrons. The van der Waals surface area contributed by atoms with E-state index in [1.807, 2.05) is 79.7 Å². The zero-order valence-electron chi connectivity index (χ0n) is 22.8. The Bertz CT molecular complexity index is 1670. The van der Waals surface area contributed by atoms with Crippen molar-refractivity contribution in [3.05, 3.63) is 125 Å². The molecular weight excluding hydrogens is 571 g/mol. The number of para-hydroxylation sites is 1. The van der Waals surface area contributed by atoms with Crippen LogP contribution in [0.15, 0.2) is 97.1 Å². The van der Waals surface area contributed by atoms with Crippen LogP contribution in [0, 0.1) is 18.8 Å². The maximum atomic E-state index is 14.1. The van der Waals surface area contributed by atoms with Crippen LogP contribution in [0.25, 0.3) is 0 Å². The van der Waals surface area contributed by atoms with Crippen molar-refractivity contribution in [1.82, 2.24) is 4.90 Å². The first-order chi connectivity index (χ1) is 20.2. The number of halogens is 2. The van der Waals surface area contributed by atoms with Gasteiger partial charge in [-0.1, -0.05) is 66.7 Å². The van der Waals surface area contributed by atoms with E-state index in [1.165, 1.54) is 0 Å². The molecule has 42 heavy (non-hydrogen) atoms. The van der Waals surface area contributed by atoms with Gasteiger partial charge in [-0.15, -0.1) is 23.2 Å². The van der Waals surface area contributed by atoms with E-state index >= 15 is 0 Å². The first-order valence-corrected chi connectivity index (χ1v) is 14.5. The van der Waals surface area contributed by atoms with Gasteiger partial charge in [-0.25, -0.2) is 0 Å². The summed E-state index contributed by atoms with van der Waals surface area (Å²) in [6.07, 6.45) is 0. The number of ether oxygens (including phenoxy) is 1. The first-order valence-electron chi connectivity index (χ1n) is 13.8. The van der Waals surface area contributed by atoms with Crippen LogP contribution in [0.4, 0.5) is 5.69 Å². The summed E-state index contributed by atoms with van der Waals surface area (Å²) < 4.78 is 5.94. The first kappa shape index (κ1) is 26.7. The number of nitrogens with zero attached hydrogens (tertiary/aromatic N) is 1. The van der Waals surface area contributed by atoms with Crippen LogP contribution >= 0.6 is 23.2 Å². The molecule has 210 valence electrons. The van der Waals surface area contributed by atoms with E-state index < -0.39 is 45.3 Å². The Kier molecular flexibility index (Phi) is 6.02. The summed E-state index contributed by atoms with van der Waals surface area (Å²) in [5, 5.41) is 2.83. The minimum absolute atomic E-state index is 0.501. The van der Waals surface area contributed by atoms with Crippen molar-refractivity contribution in [2.75, 3.05) is 5.32 Å². The van der Waals surface area contributed by atoms with Crippen LogP contribution in [0.3, 0.4) is 0 Å². The van der Waals surface area contributed by atoms with Crippen LogP contribution in [0.1, 0.15) is 34.7 Å². The molecule has 1 N–H and O–H groups in total. The second-order valence-electron chi connectivity index (χ2n) is 11.1. The molecule has 8 heteroatoms. The molecule has 4 aromatic carbocycles. The van der Waals surface area contributed by atoms with Crippen molar-refractivity contribution in [2.24, 2.45) is 11.8 Å². The molecule has 1 heterocycles. The smallest absolute Gasteiger partial charge is 0.247 e. The highest BCUT2D eigenvalue weighted by molar-refractivity contribution is 6.36. The van der Waals surface area contributed by atoms with Crippen LogP contribution < -0.4 is 10.1 Å². The lowest BCUT2D eigenvalue weighted by Gasteiger charge is -2.54. The number of alkyl halides is 2. The van der Waals surface area contributed by atoms with Gasteiger partial charge < -0.3 is 10.1 Å². The Hall–Kier alpha value is -4.13. The predicted octanol–water partition coefficient (Wildman–Crippen LogP) is 6.71. The molecule has 3 amide bonds. The Balaban J connectivity index is 1.17. The van der Waals surface area contributed by atoms with Gasteiger partial charge in [0.1, 0.15) is 27.3 Å². The van der Waals surface area contributed by atoms with Crippen molar-refractivity contribution in [3.63, 3.8) is 0 Å². The predicted molar refractivity (Wildman–Crippen MR) is 161 cm³/mol. The average Bonchev–Trinajstić information content (AvgIpc) is 3.28. The van der Waals surface area contributed by atoms with Crippen molar-refractivity contribution in [1.29, 1.82) is 0 Å². The average molecular weight is 597 g/mol. The van der Waals surface area contributed by atoms with Gasteiger partial charge in [0.05, 0.1) is 11.8 Å². The Labute approximate surface area is 253 Å². The lowest BCUT2D eigenvalue weighted by Crippen LogP contribution is -2.57. The number of carbonyl (C=O) groups is 3. The summed E-state index contributed by atoms with van der Waals surface area (Å²) in [5.74, 6) is -2.07. The third kappa shape index (κ3) is 3.55. The fourth-order valence-electron chi connectivity index (χ4n) is 6.84. The monoisotopic (exact) mass is 596 g/mol. The van der Waals surface area contributed by atoms with E-state index in [9.17, 15) is 14.4 Å². The Morgan fingerprint density at radius 2 is 1.21 bits per heavy atom. The van der Waals surface area contributed by atoms with E-state index in [1.54, 1.807) is 31.2 Å². The van der Waals surface area contributed by atoms with Gasteiger partial charge in [0.25, 0.3) is 0 Å². The molecule has 3 atom stereocenters. The summed E-state index contributed by atoms with van der Waals surface area (Å²) in [4.78, 5) is 40.1. The van der Waals surface area contributed by atoms with Crippen LogP contribution in [-0.2, 0) is 24.1 Å². The fourth-order valence-corrected chi connectivity index (χ4v) is 7.94. The van der Waals surface area contributed by atoms with Crippen LogP contribution in [-0.4, -0.2) is 28.7 Å². The number of anilines is 1. The highest BCUT2D eigenvalue weighted by atomic mass is 35.5. The van der Waals surface area contributed by atoms with Crippen LogP contribution in [0.2, 0.25) is 0 Å². The molecule has 0 aromatic heterocycles. The van der Waals surface area contributed by atoms with Gasteiger partial charge in [0.15, 0.2) is 0 Å². The lowest BCUT2D eigenvalue weighted by molar-refractivity contribution is -0.146. The number of hydrogen-bond donors (Lipinski definition) is 1. The number of aryl methyl sites for hydroxylation is 1. The molecule has 0 unspecified atom stereocenters. The number of hydrogen-bond acceptors (Lipinski definition) is 4. The molecule has 8 rings (SSSR count). The minimum atomic E-state index is -1.29. The van der Waals surface area contributed by atoms with E-state index in [4.69, 9.17) is 27.9 Å². The number of amides is 3. The molecule has 4 aromatic rings. The summed E-state index contributed by atoms with van der Waals surface area (Å²) in [7, 11) is 0. The minimum Gasteiger partial charge on any atom is -0.457 e. The second kappa shape index (κ2) is 9.45. The zero-order chi connectivity index (χ0) is 29.4. The summed E-state index contributed by atoms with van der Waals surface area (Å²) in [5.41, 5.74) is 4.37. The molecule has 0 spiro atoms. The number of imide groups is 1. The largest absolute Gasteiger partial charge is 0.457 e. The highest BCUT2D eigenvalue weighted by Gasteiger charge is 2.73. The molecule has 2 bridgehead atoms. The Morgan fingerprint density at radius 3 is 1.69 bits per heavy atom. The molecule has 1 aliphatic heterocycles. The van der Waals surface area contributed by atoms with E-state index in [-0.39, 0.29) is 0 Å². The van der Waals surface area contributed by atoms with Gasteiger partial charge in [0, 0.05) is 5.69 Å². The normalized spacial score (nSPS) is 25.9. The number of nitrogens with one attached hydrogen (secondary N) is 1. The summed E-state index contributed by atoms with van der Waals surface area (Å²) >= 11 is 14.9. The summed E-state index contributed by atoms with van der Waals surface area (Å²) in [6, 6.07) is 28.4. The third-order valence-corrected chi connectivity index (χ3v) is 10.1. The molecule has 3 aliphatic carbocycles. The van der Waals surface area contributed by atoms with E-state index in [2.05, 4.69) is 5.32 Å². The van der Waals surface area contributed by atoms with E-state index in [0.717, 1.165) is 38.5 Å². The van der Waals surface area contributed by atoms with Crippen LogP contribution in [0.5, 0.6) is 11.5 Å². The van der Waals surface area contributed by atoms with Gasteiger partial charge in [-0.3, -0.25) is 19.3 Å². The quantitative estimate of drug-likeness (QED) is 0.205. The van der Waals surface area contributed by atoms with Crippen molar-refractivity contribution in [3.8, 4) is 11.5 Å². The van der Waals surface area contributed by atoms with Gasteiger partial charge in [-0.05, 0) is 72.0 Å². The van der Waals surface area contributed by atoms with Gasteiger partial charge >= 0.3 is 0 Å². The SMILES string of the molecule is Cc1ccccc1Oc1ccc(NC(=O)[C@H](C)N2C(=O)[C@H]3[C@H](C2=O)C2(Cl)c4ccccc4C3(Cl)c3ccccc32)cc1. The molecule has 6 nitrogen and oxygen atoms in total. The van der Waals surface area contributed by atoms with E-state index in [0.29, 0.717) is 11.4 Å². The topological polar surface area (TPSA) is 75.7 Å². The molecule has 1 saturated heterocycles. The Morgan fingerprint density at radius 1 is 0.762 bits per heavy atom. The standard InChI is InChI=1S/C34H26Cl2N2O4/c1-19-9-3-8-14-27(19)42-22-17-15-21(16-18-22)37-30(39)20(2)38-31(40)28-29(32(38)41)34(36)24-11-5-4-10-23(24)33(28,35)25-12-6-7-13-26(25)34/h3-18,20,28-29H,1-2H3,(H,37,39)/t20-,28+,29+,33?,34?/m0/s1. The molecule has 1 fully saturated rings. The number of rotatable bonds is 5. The van der Waals surface area contributed by atoms with Crippen molar-refractivity contribution >= 4 is 46.6 Å².